The predicted octanol–water partition coefficient (Wildman–Crippen LogP) is 5.14. The number of ether oxygens (including phenoxy) is 3. The summed E-state index contributed by atoms with van der Waals surface area (Å²) in [7, 11) is 1.50. The van der Waals surface area contributed by atoms with Gasteiger partial charge in [-0.2, -0.15) is 0 Å². The summed E-state index contributed by atoms with van der Waals surface area (Å²) in [5.74, 6) is 0.501. The molecule has 8 heteroatoms. The summed E-state index contributed by atoms with van der Waals surface area (Å²) >= 11 is 0. The van der Waals surface area contributed by atoms with Gasteiger partial charge in [-0.1, -0.05) is 53.2 Å². The second kappa shape index (κ2) is 10.7. The molecule has 0 spiro atoms. The number of rotatable bonds is 3. The zero-order chi connectivity index (χ0) is 33.1. The van der Waals surface area contributed by atoms with Crippen LogP contribution in [0.4, 0.5) is 0 Å². The molecule has 45 heavy (non-hydrogen) atoms. The minimum absolute atomic E-state index is 0.00348. The Hall–Kier alpha value is -1.03. The Labute approximate surface area is 270 Å². The molecule has 1 heterocycles. The van der Waals surface area contributed by atoms with Crippen LogP contribution in [0.3, 0.4) is 0 Å². The number of allylic oxidation sites excluding steroid dienone is 1. The average molecular weight is 633 g/mol. The van der Waals surface area contributed by atoms with Gasteiger partial charge >= 0.3 is 5.97 Å². The number of hydrogen-bond acceptors (Lipinski definition) is 8. The van der Waals surface area contributed by atoms with Gasteiger partial charge in [0, 0.05) is 5.92 Å². The van der Waals surface area contributed by atoms with Crippen molar-refractivity contribution in [3.05, 3.63) is 11.6 Å². The van der Waals surface area contributed by atoms with E-state index in [1.165, 1.54) is 12.7 Å². The molecule has 1 aliphatic heterocycles. The third-order valence-electron chi connectivity index (χ3n) is 15.7. The predicted molar refractivity (Wildman–Crippen MR) is 170 cm³/mol. The Kier molecular flexibility index (Phi) is 8.08. The summed E-state index contributed by atoms with van der Waals surface area (Å²) in [4.78, 5) is 13.6. The van der Waals surface area contributed by atoms with Gasteiger partial charge in [-0.3, -0.25) is 4.79 Å². The summed E-state index contributed by atoms with van der Waals surface area (Å²) in [6, 6.07) is 0. The van der Waals surface area contributed by atoms with E-state index in [0.717, 1.165) is 57.8 Å². The topological polar surface area (TPSA) is 126 Å². The van der Waals surface area contributed by atoms with Crippen LogP contribution in [0.1, 0.15) is 113 Å². The normalized spacial score (nSPS) is 55.7. The van der Waals surface area contributed by atoms with Crippen molar-refractivity contribution in [1.82, 2.24) is 0 Å². The fourth-order valence-corrected chi connectivity index (χ4v) is 12.5. The Morgan fingerprint density at radius 3 is 2.22 bits per heavy atom. The molecule has 256 valence electrons. The third kappa shape index (κ3) is 4.40. The lowest BCUT2D eigenvalue weighted by atomic mass is 9.33. The van der Waals surface area contributed by atoms with Crippen molar-refractivity contribution in [2.24, 2.45) is 50.7 Å². The maximum absolute atomic E-state index is 13.6. The Morgan fingerprint density at radius 2 is 1.56 bits per heavy atom. The monoisotopic (exact) mass is 632 g/mol. The van der Waals surface area contributed by atoms with E-state index >= 15 is 0 Å². The van der Waals surface area contributed by atoms with E-state index in [9.17, 15) is 25.2 Å². The largest absolute Gasteiger partial charge is 0.469 e. The summed E-state index contributed by atoms with van der Waals surface area (Å²) in [5.41, 5.74) is -0.663. The number of carbonyl (C=O) groups excluding carboxylic acids is 1. The molecule has 15 atom stereocenters. The fraction of sp³-hybridized carbons (Fsp3) is 0.919. The molecule has 0 aromatic rings. The van der Waals surface area contributed by atoms with Crippen molar-refractivity contribution >= 4 is 5.97 Å². The van der Waals surface area contributed by atoms with Gasteiger partial charge in [0.1, 0.15) is 18.3 Å². The standard InChI is InChI=1S/C37H60O8/c1-20-12-17-37(31(41)43-9)19-18-34(6)22(29(37)36(20,8)42)10-11-24-33(5)15-14-25(32(3,4)23(33)13-16-35(24,34)7)45-30-28(40)27(39)26(38)21(2)44-30/h10,20-21,23-30,38-40,42H,11-19H2,1-9H3/t20-,21+,23+,24-,25+,26+,27-,28-,29-,30+,33+,34-,35-,36-,37+/m1/s1. The molecule has 8 nitrogen and oxygen atoms in total. The molecule has 1 saturated heterocycles. The number of aliphatic hydroxyl groups is 4. The van der Waals surface area contributed by atoms with E-state index in [1.807, 2.05) is 6.92 Å². The number of methoxy groups -OCH3 is 1. The summed E-state index contributed by atoms with van der Waals surface area (Å²) in [5, 5.41) is 43.5. The lowest BCUT2D eigenvalue weighted by Gasteiger charge is -2.72. The molecule has 6 rings (SSSR count). The number of esters is 1. The van der Waals surface area contributed by atoms with Crippen LogP contribution in [0.15, 0.2) is 11.6 Å². The molecule has 6 aliphatic rings. The maximum atomic E-state index is 13.6. The Morgan fingerprint density at radius 1 is 0.867 bits per heavy atom. The number of fused-ring (bicyclic) bond motifs is 7. The van der Waals surface area contributed by atoms with Crippen LogP contribution in [0.5, 0.6) is 0 Å². The van der Waals surface area contributed by atoms with Crippen LogP contribution in [-0.2, 0) is 19.0 Å². The average Bonchev–Trinajstić information content (AvgIpc) is 2.97. The lowest BCUT2D eigenvalue weighted by molar-refractivity contribution is -0.324. The number of aliphatic hydroxyl groups excluding tert-OH is 3. The second-order valence-electron chi connectivity index (χ2n) is 17.7. The van der Waals surface area contributed by atoms with Crippen molar-refractivity contribution in [2.75, 3.05) is 7.11 Å². The van der Waals surface area contributed by atoms with Gasteiger partial charge in [-0.15, -0.1) is 0 Å². The van der Waals surface area contributed by atoms with Crippen molar-refractivity contribution in [3.63, 3.8) is 0 Å². The first-order valence-electron chi connectivity index (χ1n) is 17.7. The van der Waals surface area contributed by atoms with E-state index in [0.29, 0.717) is 11.8 Å². The summed E-state index contributed by atoms with van der Waals surface area (Å²) in [6.45, 7) is 17.8. The molecule has 0 unspecified atom stereocenters. The minimum Gasteiger partial charge on any atom is -0.469 e. The Balaban J connectivity index is 1.33. The third-order valence-corrected chi connectivity index (χ3v) is 15.7. The quantitative estimate of drug-likeness (QED) is 0.191. The highest BCUT2D eigenvalue weighted by molar-refractivity contribution is 5.79. The van der Waals surface area contributed by atoms with Gasteiger partial charge < -0.3 is 34.6 Å². The molecule has 0 amide bonds. The van der Waals surface area contributed by atoms with Crippen LogP contribution in [0.25, 0.3) is 0 Å². The number of hydrogen-bond donors (Lipinski definition) is 4. The summed E-state index contributed by atoms with van der Waals surface area (Å²) < 4.78 is 17.9. The van der Waals surface area contributed by atoms with Gasteiger partial charge in [0.2, 0.25) is 0 Å². The van der Waals surface area contributed by atoms with Crippen molar-refractivity contribution in [2.45, 2.75) is 156 Å². The van der Waals surface area contributed by atoms with Crippen LogP contribution in [-0.4, -0.2) is 75.9 Å². The van der Waals surface area contributed by atoms with Gasteiger partial charge in [-0.25, -0.2) is 0 Å². The minimum atomic E-state index is -1.31. The van der Waals surface area contributed by atoms with Gasteiger partial charge in [0.15, 0.2) is 6.29 Å². The molecule has 5 fully saturated rings. The first kappa shape index (κ1) is 33.9. The molecule has 0 aromatic carbocycles. The second-order valence-corrected chi connectivity index (χ2v) is 17.7. The molecule has 4 saturated carbocycles. The molecule has 5 aliphatic carbocycles. The zero-order valence-corrected chi connectivity index (χ0v) is 29.1. The highest BCUT2D eigenvalue weighted by atomic mass is 16.7. The zero-order valence-electron chi connectivity index (χ0n) is 29.1. The van der Waals surface area contributed by atoms with E-state index in [-0.39, 0.29) is 45.6 Å². The molecule has 4 N–H and O–H groups in total. The molecular formula is C37H60O8. The molecule has 0 bridgehead atoms. The SMILES string of the molecule is COC(=O)[C@]12CC[C@@H](C)[C@@](C)(O)[C@H]1C1=CC[C@@H]3[C@@]4(C)CC[C@H](O[C@@H]5O[C@@H](C)[C@H](O)[C@@H](O)[C@H]5O)C(C)(C)[C@@H]4CC[C@@]3(C)[C@]1(C)CC2. The van der Waals surface area contributed by atoms with Crippen LogP contribution in [0.2, 0.25) is 0 Å². The first-order chi connectivity index (χ1) is 20.8. The molecule has 0 aromatic heterocycles. The van der Waals surface area contributed by atoms with Crippen LogP contribution >= 0.6 is 0 Å². The summed E-state index contributed by atoms with van der Waals surface area (Å²) in [6.07, 6.45) is 4.99. The fourth-order valence-electron chi connectivity index (χ4n) is 12.5. The van der Waals surface area contributed by atoms with E-state index in [2.05, 4.69) is 47.6 Å². The van der Waals surface area contributed by atoms with E-state index in [1.54, 1.807) is 6.92 Å². The molecular weight excluding hydrogens is 572 g/mol. The van der Waals surface area contributed by atoms with Crippen LogP contribution in [0, 0.1) is 50.7 Å². The Bertz CT molecular complexity index is 1210. The van der Waals surface area contributed by atoms with Crippen molar-refractivity contribution in [3.8, 4) is 0 Å². The van der Waals surface area contributed by atoms with Gasteiger partial charge in [0.05, 0.1) is 30.3 Å². The van der Waals surface area contributed by atoms with Gasteiger partial charge in [-0.05, 0) is 111 Å². The van der Waals surface area contributed by atoms with Crippen molar-refractivity contribution in [1.29, 1.82) is 0 Å². The maximum Gasteiger partial charge on any atom is 0.312 e. The lowest BCUT2D eigenvalue weighted by Crippen LogP contribution is -2.68. The van der Waals surface area contributed by atoms with Crippen molar-refractivity contribution < 1.29 is 39.4 Å². The highest BCUT2D eigenvalue weighted by Crippen LogP contribution is 2.76. The van der Waals surface area contributed by atoms with E-state index in [4.69, 9.17) is 14.2 Å². The smallest absolute Gasteiger partial charge is 0.312 e. The number of carbonyl (C=O) groups is 1. The van der Waals surface area contributed by atoms with E-state index < -0.39 is 41.7 Å². The first-order valence-corrected chi connectivity index (χ1v) is 17.7. The highest BCUT2D eigenvalue weighted by Gasteiger charge is 2.71. The van der Waals surface area contributed by atoms with Crippen LogP contribution < -0.4 is 0 Å². The van der Waals surface area contributed by atoms with Gasteiger partial charge in [0.25, 0.3) is 0 Å². The molecule has 0 radical (unpaired) electrons.